The normalized spacial score (nSPS) is 22.5. The minimum absolute atomic E-state index is 0.0169. The Labute approximate surface area is 126 Å². The summed E-state index contributed by atoms with van der Waals surface area (Å²) in [6.07, 6.45) is 3.60. The second-order valence-corrected chi connectivity index (χ2v) is 5.30. The van der Waals surface area contributed by atoms with E-state index in [0.29, 0.717) is 19.7 Å². The molecule has 0 aromatic heterocycles. The van der Waals surface area contributed by atoms with Gasteiger partial charge in [-0.1, -0.05) is 18.2 Å². The SMILES string of the molecule is CCOc1ccccc1/C=C/C(=O)N1CC(C)OC(C)C1. The summed E-state index contributed by atoms with van der Waals surface area (Å²) in [6.45, 7) is 7.81. The number of hydrogen-bond acceptors (Lipinski definition) is 3. The molecule has 1 aromatic carbocycles. The van der Waals surface area contributed by atoms with Gasteiger partial charge in [0.15, 0.2) is 0 Å². The van der Waals surface area contributed by atoms with E-state index in [-0.39, 0.29) is 18.1 Å². The van der Waals surface area contributed by atoms with E-state index in [0.717, 1.165) is 11.3 Å². The Morgan fingerprint density at radius 3 is 2.67 bits per heavy atom. The lowest BCUT2D eigenvalue weighted by atomic mass is 10.1. The Morgan fingerprint density at radius 2 is 2.00 bits per heavy atom. The molecule has 2 rings (SSSR count). The lowest BCUT2D eigenvalue weighted by molar-refractivity contribution is -0.137. The van der Waals surface area contributed by atoms with E-state index in [9.17, 15) is 4.79 Å². The zero-order valence-corrected chi connectivity index (χ0v) is 12.9. The van der Waals surface area contributed by atoms with E-state index in [4.69, 9.17) is 9.47 Å². The van der Waals surface area contributed by atoms with Gasteiger partial charge in [-0.3, -0.25) is 4.79 Å². The highest BCUT2D eigenvalue weighted by Gasteiger charge is 2.24. The Bertz CT molecular complexity index is 503. The Kier molecular flexibility index (Phi) is 5.39. The third-order valence-electron chi connectivity index (χ3n) is 3.36. The summed E-state index contributed by atoms with van der Waals surface area (Å²) in [5.74, 6) is 0.816. The van der Waals surface area contributed by atoms with E-state index in [1.54, 1.807) is 6.08 Å². The molecule has 4 nitrogen and oxygen atoms in total. The predicted octanol–water partition coefficient (Wildman–Crippen LogP) is 2.73. The third-order valence-corrected chi connectivity index (χ3v) is 3.36. The first-order chi connectivity index (χ1) is 10.1. The van der Waals surface area contributed by atoms with Crippen molar-refractivity contribution >= 4 is 12.0 Å². The molecule has 2 atom stereocenters. The molecule has 0 aliphatic carbocycles. The third kappa shape index (κ3) is 4.33. The molecule has 114 valence electrons. The highest BCUT2D eigenvalue weighted by Crippen LogP contribution is 2.19. The fraction of sp³-hybridized carbons (Fsp3) is 0.471. The lowest BCUT2D eigenvalue weighted by Crippen LogP contribution is -2.47. The molecule has 1 saturated heterocycles. The topological polar surface area (TPSA) is 38.8 Å². The maximum absolute atomic E-state index is 12.3. The highest BCUT2D eigenvalue weighted by atomic mass is 16.5. The number of morpholine rings is 1. The first-order valence-corrected chi connectivity index (χ1v) is 7.44. The fourth-order valence-corrected chi connectivity index (χ4v) is 2.53. The second-order valence-electron chi connectivity index (χ2n) is 5.30. The molecule has 0 radical (unpaired) electrons. The van der Waals surface area contributed by atoms with Crippen LogP contribution in [0, 0.1) is 0 Å². The summed E-state index contributed by atoms with van der Waals surface area (Å²) in [5, 5.41) is 0. The molecule has 0 saturated carbocycles. The van der Waals surface area contributed by atoms with Crippen LogP contribution < -0.4 is 4.74 Å². The van der Waals surface area contributed by atoms with Crippen molar-refractivity contribution in [3.63, 3.8) is 0 Å². The Balaban J connectivity index is 2.05. The lowest BCUT2D eigenvalue weighted by Gasteiger charge is -2.34. The van der Waals surface area contributed by atoms with E-state index in [1.807, 2.05) is 56.0 Å². The van der Waals surface area contributed by atoms with Crippen LogP contribution in [0.25, 0.3) is 6.08 Å². The first kappa shape index (κ1) is 15.6. The first-order valence-electron chi connectivity index (χ1n) is 7.44. The monoisotopic (exact) mass is 289 g/mol. The largest absolute Gasteiger partial charge is 0.493 e. The van der Waals surface area contributed by atoms with Gasteiger partial charge in [-0.25, -0.2) is 0 Å². The van der Waals surface area contributed by atoms with Gasteiger partial charge in [0.1, 0.15) is 5.75 Å². The van der Waals surface area contributed by atoms with Gasteiger partial charge in [-0.2, -0.15) is 0 Å². The molecule has 1 fully saturated rings. The van der Waals surface area contributed by atoms with Crippen LogP contribution in [-0.2, 0) is 9.53 Å². The van der Waals surface area contributed by atoms with Crippen molar-refractivity contribution in [3.8, 4) is 5.75 Å². The smallest absolute Gasteiger partial charge is 0.246 e. The van der Waals surface area contributed by atoms with Gasteiger partial charge in [0.2, 0.25) is 5.91 Å². The van der Waals surface area contributed by atoms with Gasteiger partial charge in [0.05, 0.1) is 18.8 Å². The van der Waals surface area contributed by atoms with Crippen LogP contribution in [0.1, 0.15) is 26.3 Å². The molecule has 0 N–H and O–H groups in total. The zero-order chi connectivity index (χ0) is 15.2. The van der Waals surface area contributed by atoms with Crippen LogP contribution in [0.4, 0.5) is 0 Å². The highest BCUT2D eigenvalue weighted by molar-refractivity contribution is 5.92. The van der Waals surface area contributed by atoms with Crippen molar-refractivity contribution in [1.82, 2.24) is 4.90 Å². The van der Waals surface area contributed by atoms with Crippen LogP contribution in [0.5, 0.6) is 5.75 Å². The number of benzene rings is 1. The molecule has 0 spiro atoms. The molecular formula is C17H23NO3. The maximum atomic E-state index is 12.3. The second kappa shape index (κ2) is 7.27. The predicted molar refractivity (Wildman–Crippen MR) is 83.2 cm³/mol. The molecule has 1 aliphatic rings. The summed E-state index contributed by atoms with van der Waals surface area (Å²) in [5.41, 5.74) is 0.919. The number of carbonyl (C=O) groups excluding carboxylic acids is 1. The minimum atomic E-state index is 0.0169. The number of carbonyl (C=O) groups is 1. The van der Waals surface area contributed by atoms with Crippen LogP contribution in [0.3, 0.4) is 0 Å². The van der Waals surface area contributed by atoms with Gasteiger partial charge in [-0.05, 0) is 32.9 Å². The van der Waals surface area contributed by atoms with Crippen LogP contribution >= 0.6 is 0 Å². The Hall–Kier alpha value is -1.81. The molecule has 4 heteroatoms. The number of para-hydroxylation sites is 1. The molecular weight excluding hydrogens is 266 g/mol. The van der Waals surface area contributed by atoms with E-state index in [1.165, 1.54) is 0 Å². The van der Waals surface area contributed by atoms with Gasteiger partial charge >= 0.3 is 0 Å². The summed E-state index contributed by atoms with van der Waals surface area (Å²) in [4.78, 5) is 14.1. The van der Waals surface area contributed by atoms with Crippen molar-refractivity contribution in [2.75, 3.05) is 19.7 Å². The molecule has 21 heavy (non-hydrogen) atoms. The summed E-state index contributed by atoms with van der Waals surface area (Å²) >= 11 is 0. The standard InChI is InChI=1S/C17H23NO3/c1-4-20-16-8-6-5-7-15(16)9-10-17(19)18-11-13(2)21-14(3)12-18/h5-10,13-14H,4,11-12H2,1-3H3/b10-9+. The quantitative estimate of drug-likeness (QED) is 0.800. The van der Waals surface area contributed by atoms with Crippen molar-refractivity contribution in [1.29, 1.82) is 0 Å². The fourth-order valence-electron chi connectivity index (χ4n) is 2.53. The number of hydrogen-bond donors (Lipinski definition) is 0. The molecule has 1 amide bonds. The van der Waals surface area contributed by atoms with Gasteiger partial charge in [0.25, 0.3) is 0 Å². The van der Waals surface area contributed by atoms with Crippen molar-refractivity contribution in [2.24, 2.45) is 0 Å². The number of rotatable bonds is 4. The number of ether oxygens (including phenoxy) is 2. The van der Waals surface area contributed by atoms with Gasteiger partial charge in [-0.15, -0.1) is 0 Å². The summed E-state index contributed by atoms with van der Waals surface area (Å²) < 4.78 is 11.2. The van der Waals surface area contributed by atoms with E-state index >= 15 is 0 Å². The van der Waals surface area contributed by atoms with E-state index in [2.05, 4.69) is 0 Å². The molecule has 2 unspecified atom stereocenters. The van der Waals surface area contributed by atoms with Crippen LogP contribution in [0.2, 0.25) is 0 Å². The molecule has 1 heterocycles. The van der Waals surface area contributed by atoms with Crippen LogP contribution in [-0.4, -0.2) is 42.7 Å². The van der Waals surface area contributed by atoms with Gasteiger partial charge < -0.3 is 14.4 Å². The molecule has 1 aliphatic heterocycles. The van der Waals surface area contributed by atoms with Crippen molar-refractivity contribution < 1.29 is 14.3 Å². The van der Waals surface area contributed by atoms with Crippen molar-refractivity contribution in [3.05, 3.63) is 35.9 Å². The summed E-state index contributed by atoms with van der Waals surface area (Å²) in [6, 6.07) is 7.72. The van der Waals surface area contributed by atoms with Crippen LogP contribution in [0.15, 0.2) is 30.3 Å². The van der Waals surface area contributed by atoms with Gasteiger partial charge in [0, 0.05) is 24.7 Å². The van der Waals surface area contributed by atoms with Crippen molar-refractivity contribution in [2.45, 2.75) is 33.0 Å². The average Bonchev–Trinajstić information content (AvgIpc) is 2.45. The summed E-state index contributed by atoms with van der Waals surface area (Å²) in [7, 11) is 0. The Morgan fingerprint density at radius 1 is 1.33 bits per heavy atom. The molecule has 0 bridgehead atoms. The maximum Gasteiger partial charge on any atom is 0.246 e. The van der Waals surface area contributed by atoms with E-state index < -0.39 is 0 Å². The molecule has 1 aromatic rings. The zero-order valence-electron chi connectivity index (χ0n) is 12.9. The number of amides is 1. The number of nitrogens with zero attached hydrogens (tertiary/aromatic N) is 1. The minimum Gasteiger partial charge on any atom is -0.493 e. The average molecular weight is 289 g/mol.